The number of halogens is 1. The van der Waals surface area contributed by atoms with E-state index >= 15 is 0 Å². The summed E-state index contributed by atoms with van der Waals surface area (Å²) in [5.41, 5.74) is 1.09. The molecule has 0 aromatic heterocycles. The number of ether oxygens (including phenoxy) is 1. The maximum atomic E-state index is 12.1. The highest BCUT2D eigenvalue weighted by molar-refractivity contribution is 6.30. The Morgan fingerprint density at radius 3 is 2.70 bits per heavy atom. The molecule has 0 spiro atoms. The molecule has 1 atom stereocenters. The highest BCUT2D eigenvalue weighted by atomic mass is 35.5. The molecular weight excluding hydrogens is 320 g/mol. The zero-order valence-electron chi connectivity index (χ0n) is 12.6. The summed E-state index contributed by atoms with van der Waals surface area (Å²) in [5, 5.41) is 14.2. The number of aryl methyl sites for hydroxylation is 1. The number of benzene rings is 2. The second-order valence-corrected chi connectivity index (χ2v) is 5.42. The maximum absolute atomic E-state index is 12.1. The Kier molecular flexibility index (Phi) is 5.18. The fourth-order valence-electron chi connectivity index (χ4n) is 1.92. The number of carbonyl (C=O) groups excluding carboxylic acids is 1. The van der Waals surface area contributed by atoms with Gasteiger partial charge in [-0.05, 0) is 43.7 Å². The van der Waals surface area contributed by atoms with Gasteiger partial charge in [0, 0.05) is 16.8 Å². The summed E-state index contributed by atoms with van der Waals surface area (Å²) in [4.78, 5) is 22.7. The topological polar surface area (TPSA) is 81.5 Å². The van der Waals surface area contributed by atoms with Gasteiger partial charge >= 0.3 is 5.69 Å². The number of anilines is 1. The smallest absolute Gasteiger partial charge is 0.311 e. The summed E-state index contributed by atoms with van der Waals surface area (Å²) in [6.45, 7) is 3.26. The lowest BCUT2D eigenvalue weighted by Crippen LogP contribution is -2.30. The number of nitro groups is 1. The van der Waals surface area contributed by atoms with Crippen LogP contribution in [0.4, 0.5) is 11.4 Å². The quantitative estimate of drug-likeness (QED) is 0.662. The van der Waals surface area contributed by atoms with E-state index in [1.807, 2.05) is 0 Å². The van der Waals surface area contributed by atoms with Crippen LogP contribution in [0.2, 0.25) is 5.02 Å². The number of hydrogen-bond acceptors (Lipinski definition) is 4. The van der Waals surface area contributed by atoms with Crippen LogP contribution in [0.1, 0.15) is 12.5 Å². The molecule has 2 rings (SSSR count). The lowest BCUT2D eigenvalue weighted by molar-refractivity contribution is -0.386. The van der Waals surface area contributed by atoms with E-state index in [4.69, 9.17) is 16.3 Å². The van der Waals surface area contributed by atoms with E-state index < -0.39 is 16.9 Å². The molecule has 0 aliphatic heterocycles. The minimum atomic E-state index is -0.907. The zero-order valence-corrected chi connectivity index (χ0v) is 13.3. The van der Waals surface area contributed by atoms with Crippen molar-refractivity contribution >= 4 is 28.9 Å². The van der Waals surface area contributed by atoms with Crippen molar-refractivity contribution in [3.8, 4) is 5.75 Å². The Morgan fingerprint density at radius 2 is 2.04 bits per heavy atom. The molecule has 0 heterocycles. The Bertz CT molecular complexity index is 749. The zero-order chi connectivity index (χ0) is 17.0. The predicted molar refractivity (Wildman–Crippen MR) is 88.0 cm³/mol. The molecule has 1 N–H and O–H groups in total. The Hall–Kier alpha value is -2.60. The summed E-state index contributed by atoms with van der Waals surface area (Å²) in [6, 6.07) is 11.2. The highest BCUT2D eigenvalue weighted by Gasteiger charge is 2.21. The molecule has 0 bridgehead atoms. The summed E-state index contributed by atoms with van der Waals surface area (Å²) in [7, 11) is 0. The Labute approximate surface area is 138 Å². The van der Waals surface area contributed by atoms with Crippen LogP contribution >= 0.6 is 11.6 Å². The predicted octanol–water partition coefficient (Wildman–Crippen LogP) is 3.96. The number of amides is 1. The third kappa shape index (κ3) is 4.43. The second-order valence-electron chi connectivity index (χ2n) is 4.99. The number of nitro benzene ring substituents is 1. The van der Waals surface area contributed by atoms with Crippen molar-refractivity contribution in [1.29, 1.82) is 0 Å². The first-order chi connectivity index (χ1) is 10.9. The fourth-order valence-corrected chi connectivity index (χ4v) is 2.11. The third-order valence-corrected chi connectivity index (χ3v) is 3.31. The van der Waals surface area contributed by atoms with Crippen LogP contribution < -0.4 is 10.1 Å². The molecule has 2 aromatic rings. The minimum absolute atomic E-state index is 0.0503. The van der Waals surface area contributed by atoms with Crippen LogP contribution in [0.5, 0.6) is 5.75 Å². The molecule has 0 aliphatic carbocycles. The molecule has 120 valence electrons. The molecule has 0 fully saturated rings. The van der Waals surface area contributed by atoms with E-state index in [0.717, 1.165) is 5.56 Å². The number of hydrogen-bond donors (Lipinski definition) is 1. The van der Waals surface area contributed by atoms with Crippen LogP contribution in [-0.4, -0.2) is 16.9 Å². The lowest BCUT2D eigenvalue weighted by atomic mass is 10.2. The average molecular weight is 335 g/mol. The van der Waals surface area contributed by atoms with Crippen molar-refractivity contribution in [3.05, 3.63) is 63.2 Å². The van der Waals surface area contributed by atoms with Gasteiger partial charge in [0.15, 0.2) is 11.9 Å². The van der Waals surface area contributed by atoms with E-state index in [-0.39, 0.29) is 11.4 Å². The van der Waals surface area contributed by atoms with Crippen LogP contribution in [0.3, 0.4) is 0 Å². The van der Waals surface area contributed by atoms with E-state index in [9.17, 15) is 14.9 Å². The summed E-state index contributed by atoms with van der Waals surface area (Å²) in [6.07, 6.45) is -0.907. The van der Waals surface area contributed by atoms with Gasteiger partial charge in [-0.25, -0.2) is 0 Å². The molecular formula is C16H15ClN2O4. The summed E-state index contributed by atoms with van der Waals surface area (Å²) < 4.78 is 5.44. The maximum Gasteiger partial charge on any atom is 0.311 e. The molecule has 0 unspecified atom stereocenters. The van der Waals surface area contributed by atoms with Gasteiger partial charge in [0.05, 0.1) is 4.92 Å². The standard InChI is InChI=1S/C16H15ClN2O4/c1-10-6-7-15(14(8-10)19(21)22)23-11(2)16(20)18-13-5-3-4-12(17)9-13/h3-9,11H,1-2H3,(H,18,20)/t11-/m1/s1. The van der Waals surface area contributed by atoms with Gasteiger partial charge < -0.3 is 10.1 Å². The lowest BCUT2D eigenvalue weighted by Gasteiger charge is -2.15. The van der Waals surface area contributed by atoms with Crippen molar-refractivity contribution < 1.29 is 14.5 Å². The van der Waals surface area contributed by atoms with Crippen molar-refractivity contribution in [2.75, 3.05) is 5.32 Å². The van der Waals surface area contributed by atoms with Gasteiger partial charge in [-0.2, -0.15) is 0 Å². The Morgan fingerprint density at radius 1 is 1.30 bits per heavy atom. The van der Waals surface area contributed by atoms with Crippen LogP contribution in [0, 0.1) is 17.0 Å². The van der Waals surface area contributed by atoms with Gasteiger partial charge in [-0.3, -0.25) is 14.9 Å². The number of carbonyl (C=O) groups is 1. The minimum Gasteiger partial charge on any atom is -0.474 e. The van der Waals surface area contributed by atoms with Crippen molar-refractivity contribution in [3.63, 3.8) is 0 Å². The molecule has 1 amide bonds. The van der Waals surface area contributed by atoms with Gasteiger partial charge in [-0.15, -0.1) is 0 Å². The SMILES string of the molecule is Cc1ccc(O[C@H](C)C(=O)Nc2cccc(Cl)c2)c([N+](=O)[O-])c1. The van der Waals surface area contributed by atoms with E-state index in [1.54, 1.807) is 37.3 Å². The number of nitrogens with zero attached hydrogens (tertiary/aromatic N) is 1. The monoisotopic (exact) mass is 334 g/mol. The van der Waals surface area contributed by atoms with Gasteiger partial charge in [0.1, 0.15) is 0 Å². The third-order valence-electron chi connectivity index (χ3n) is 3.08. The van der Waals surface area contributed by atoms with Gasteiger partial charge in [-0.1, -0.05) is 23.7 Å². The van der Waals surface area contributed by atoms with Gasteiger partial charge in [0.25, 0.3) is 5.91 Å². The molecule has 6 nitrogen and oxygen atoms in total. The first kappa shape index (κ1) is 16.8. The van der Waals surface area contributed by atoms with E-state index in [0.29, 0.717) is 10.7 Å². The molecule has 0 aliphatic rings. The molecule has 0 radical (unpaired) electrons. The molecule has 23 heavy (non-hydrogen) atoms. The highest BCUT2D eigenvalue weighted by Crippen LogP contribution is 2.28. The van der Waals surface area contributed by atoms with Gasteiger partial charge in [0.2, 0.25) is 0 Å². The van der Waals surface area contributed by atoms with Crippen molar-refractivity contribution in [2.45, 2.75) is 20.0 Å². The largest absolute Gasteiger partial charge is 0.474 e. The molecule has 2 aromatic carbocycles. The first-order valence-corrected chi connectivity index (χ1v) is 7.23. The van der Waals surface area contributed by atoms with Crippen LogP contribution in [0.25, 0.3) is 0 Å². The fraction of sp³-hybridized carbons (Fsp3) is 0.188. The van der Waals surface area contributed by atoms with Crippen molar-refractivity contribution in [1.82, 2.24) is 0 Å². The van der Waals surface area contributed by atoms with E-state index in [1.165, 1.54) is 19.1 Å². The number of nitrogens with one attached hydrogen (secondary N) is 1. The molecule has 0 saturated carbocycles. The second kappa shape index (κ2) is 7.11. The van der Waals surface area contributed by atoms with E-state index in [2.05, 4.69) is 5.32 Å². The van der Waals surface area contributed by atoms with Crippen LogP contribution in [0.15, 0.2) is 42.5 Å². The normalized spacial score (nSPS) is 11.6. The average Bonchev–Trinajstić information content (AvgIpc) is 2.48. The van der Waals surface area contributed by atoms with Crippen LogP contribution in [-0.2, 0) is 4.79 Å². The Balaban J connectivity index is 2.11. The first-order valence-electron chi connectivity index (χ1n) is 6.85. The van der Waals surface area contributed by atoms with Crippen molar-refractivity contribution in [2.24, 2.45) is 0 Å². The molecule has 7 heteroatoms. The summed E-state index contributed by atoms with van der Waals surface area (Å²) in [5.74, 6) is -0.378. The molecule has 0 saturated heterocycles. The number of rotatable bonds is 5. The summed E-state index contributed by atoms with van der Waals surface area (Å²) >= 11 is 5.85.